The maximum atomic E-state index is 12.2. The summed E-state index contributed by atoms with van der Waals surface area (Å²) in [6.45, 7) is 2.43. The summed E-state index contributed by atoms with van der Waals surface area (Å²) in [6.07, 6.45) is 2.09. The molecule has 1 heterocycles. The molecule has 1 fully saturated rings. The van der Waals surface area contributed by atoms with Crippen molar-refractivity contribution in [3.05, 3.63) is 29.8 Å². The van der Waals surface area contributed by atoms with E-state index in [1.165, 1.54) is 6.07 Å². The molecular weight excluding hydrogens is 312 g/mol. The number of aliphatic carboxylic acids is 1. The molecule has 0 radical (unpaired) electrons. The van der Waals surface area contributed by atoms with Crippen molar-refractivity contribution in [2.45, 2.75) is 44.8 Å². The third kappa shape index (κ3) is 4.79. The maximum absolute atomic E-state index is 12.2. The SMILES string of the molecule is CCCC(NC(=O)c1cccc(NC(=O)C2CCCO2)c1)C(=O)O. The second-order valence-corrected chi connectivity index (χ2v) is 5.72. The molecule has 0 aromatic heterocycles. The highest BCUT2D eigenvalue weighted by molar-refractivity contribution is 5.99. The fourth-order valence-corrected chi connectivity index (χ4v) is 2.53. The number of hydrogen-bond donors (Lipinski definition) is 3. The predicted molar refractivity (Wildman–Crippen MR) is 87.8 cm³/mol. The van der Waals surface area contributed by atoms with E-state index in [-0.39, 0.29) is 5.91 Å². The lowest BCUT2D eigenvalue weighted by Gasteiger charge is -2.14. The Labute approximate surface area is 140 Å². The Hall–Kier alpha value is -2.41. The third-order valence-corrected chi connectivity index (χ3v) is 3.80. The molecule has 130 valence electrons. The minimum absolute atomic E-state index is 0.237. The van der Waals surface area contributed by atoms with E-state index in [1.54, 1.807) is 18.2 Å². The molecule has 2 rings (SSSR count). The average Bonchev–Trinajstić information content (AvgIpc) is 3.09. The van der Waals surface area contributed by atoms with Gasteiger partial charge in [-0.05, 0) is 37.5 Å². The second-order valence-electron chi connectivity index (χ2n) is 5.72. The third-order valence-electron chi connectivity index (χ3n) is 3.80. The second kappa shape index (κ2) is 8.44. The van der Waals surface area contributed by atoms with Gasteiger partial charge >= 0.3 is 5.97 Å². The zero-order valence-corrected chi connectivity index (χ0v) is 13.6. The first-order valence-electron chi connectivity index (χ1n) is 8.07. The molecule has 7 heteroatoms. The molecule has 2 amide bonds. The van der Waals surface area contributed by atoms with Gasteiger partial charge in [-0.3, -0.25) is 9.59 Å². The summed E-state index contributed by atoms with van der Waals surface area (Å²) in [5, 5.41) is 14.3. The van der Waals surface area contributed by atoms with E-state index >= 15 is 0 Å². The molecule has 0 aliphatic carbocycles. The molecular formula is C17H22N2O5. The van der Waals surface area contributed by atoms with E-state index < -0.39 is 24.0 Å². The predicted octanol–water partition coefficient (Wildman–Crippen LogP) is 1.79. The van der Waals surface area contributed by atoms with Crippen LogP contribution in [0, 0.1) is 0 Å². The van der Waals surface area contributed by atoms with Gasteiger partial charge in [-0.2, -0.15) is 0 Å². The number of rotatable bonds is 7. The van der Waals surface area contributed by atoms with Crippen molar-refractivity contribution in [2.75, 3.05) is 11.9 Å². The smallest absolute Gasteiger partial charge is 0.326 e. The van der Waals surface area contributed by atoms with Crippen molar-refractivity contribution >= 4 is 23.5 Å². The number of ether oxygens (including phenoxy) is 1. The number of benzene rings is 1. The maximum Gasteiger partial charge on any atom is 0.326 e. The fraction of sp³-hybridized carbons (Fsp3) is 0.471. The Balaban J connectivity index is 2.01. The standard InChI is InChI=1S/C17H22N2O5/c1-2-5-13(17(22)23)19-15(20)11-6-3-7-12(10-11)18-16(21)14-8-4-9-24-14/h3,6-7,10,13-14H,2,4-5,8-9H2,1H3,(H,18,21)(H,19,20)(H,22,23). The first-order chi connectivity index (χ1) is 11.5. The average molecular weight is 334 g/mol. The molecule has 1 saturated heterocycles. The summed E-state index contributed by atoms with van der Waals surface area (Å²) < 4.78 is 5.31. The number of nitrogens with one attached hydrogen (secondary N) is 2. The molecule has 1 aliphatic heterocycles. The molecule has 1 aliphatic rings. The molecule has 7 nitrogen and oxygen atoms in total. The number of hydrogen-bond acceptors (Lipinski definition) is 4. The van der Waals surface area contributed by atoms with Crippen molar-refractivity contribution in [1.82, 2.24) is 5.32 Å². The lowest BCUT2D eigenvalue weighted by molar-refractivity contribution is -0.139. The van der Waals surface area contributed by atoms with Crippen LogP contribution in [0.3, 0.4) is 0 Å². The van der Waals surface area contributed by atoms with Gasteiger partial charge < -0.3 is 20.5 Å². The Morgan fingerprint density at radius 3 is 2.79 bits per heavy atom. The monoisotopic (exact) mass is 334 g/mol. The molecule has 0 bridgehead atoms. The normalized spacial score (nSPS) is 18.0. The number of carboxylic acid groups (broad SMARTS) is 1. The molecule has 0 spiro atoms. The van der Waals surface area contributed by atoms with Gasteiger partial charge in [0.25, 0.3) is 11.8 Å². The topological polar surface area (TPSA) is 105 Å². The van der Waals surface area contributed by atoms with Gasteiger partial charge in [0.15, 0.2) is 0 Å². The van der Waals surface area contributed by atoms with Crippen LogP contribution in [0.4, 0.5) is 5.69 Å². The van der Waals surface area contributed by atoms with Crippen LogP contribution in [0.15, 0.2) is 24.3 Å². The molecule has 1 aromatic carbocycles. The van der Waals surface area contributed by atoms with Gasteiger partial charge in [-0.1, -0.05) is 19.4 Å². The Morgan fingerprint density at radius 1 is 1.38 bits per heavy atom. The van der Waals surface area contributed by atoms with Crippen LogP contribution >= 0.6 is 0 Å². The van der Waals surface area contributed by atoms with E-state index in [1.807, 2.05) is 6.92 Å². The molecule has 3 N–H and O–H groups in total. The number of carbonyl (C=O) groups is 3. The Bertz CT molecular complexity index is 611. The van der Waals surface area contributed by atoms with E-state index in [0.29, 0.717) is 37.1 Å². The summed E-state index contributed by atoms with van der Waals surface area (Å²) in [4.78, 5) is 35.4. The molecule has 2 unspecified atom stereocenters. The number of carbonyl (C=O) groups excluding carboxylic acids is 2. The fourth-order valence-electron chi connectivity index (χ4n) is 2.53. The lowest BCUT2D eigenvalue weighted by Crippen LogP contribution is -2.40. The van der Waals surface area contributed by atoms with Crippen LogP contribution in [-0.2, 0) is 14.3 Å². The van der Waals surface area contributed by atoms with E-state index in [2.05, 4.69) is 10.6 Å². The van der Waals surface area contributed by atoms with Crippen LogP contribution in [0.1, 0.15) is 43.0 Å². The quantitative estimate of drug-likeness (QED) is 0.705. The zero-order valence-electron chi connectivity index (χ0n) is 13.6. The highest BCUT2D eigenvalue weighted by atomic mass is 16.5. The molecule has 1 aromatic rings. The van der Waals surface area contributed by atoms with Gasteiger partial charge in [-0.25, -0.2) is 4.79 Å². The Morgan fingerprint density at radius 2 is 2.17 bits per heavy atom. The van der Waals surface area contributed by atoms with E-state index in [9.17, 15) is 14.4 Å². The van der Waals surface area contributed by atoms with Crippen LogP contribution in [-0.4, -0.2) is 41.6 Å². The Kier molecular flexibility index (Phi) is 6.31. The zero-order chi connectivity index (χ0) is 17.5. The van der Waals surface area contributed by atoms with Crippen molar-refractivity contribution in [1.29, 1.82) is 0 Å². The van der Waals surface area contributed by atoms with Gasteiger partial charge in [-0.15, -0.1) is 0 Å². The molecule has 0 saturated carbocycles. The highest BCUT2D eigenvalue weighted by Crippen LogP contribution is 2.16. The first kappa shape index (κ1) is 17.9. The van der Waals surface area contributed by atoms with Crippen molar-refractivity contribution < 1.29 is 24.2 Å². The van der Waals surface area contributed by atoms with Crippen LogP contribution in [0.5, 0.6) is 0 Å². The molecule has 24 heavy (non-hydrogen) atoms. The summed E-state index contributed by atoms with van der Waals surface area (Å²) >= 11 is 0. The van der Waals surface area contributed by atoms with Crippen LogP contribution < -0.4 is 10.6 Å². The number of carboxylic acids is 1. The summed E-state index contributed by atoms with van der Waals surface area (Å²) in [5.74, 6) is -1.78. The van der Waals surface area contributed by atoms with Crippen molar-refractivity contribution in [2.24, 2.45) is 0 Å². The number of anilines is 1. The summed E-state index contributed by atoms with van der Waals surface area (Å²) in [7, 11) is 0. The summed E-state index contributed by atoms with van der Waals surface area (Å²) in [5.41, 5.74) is 0.771. The van der Waals surface area contributed by atoms with E-state index in [0.717, 1.165) is 6.42 Å². The largest absolute Gasteiger partial charge is 0.480 e. The molecule has 2 atom stereocenters. The van der Waals surface area contributed by atoms with Crippen molar-refractivity contribution in [3.63, 3.8) is 0 Å². The van der Waals surface area contributed by atoms with Crippen LogP contribution in [0.2, 0.25) is 0 Å². The highest BCUT2D eigenvalue weighted by Gasteiger charge is 2.24. The van der Waals surface area contributed by atoms with Gasteiger partial charge in [0, 0.05) is 17.9 Å². The summed E-state index contributed by atoms with van der Waals surface area (Å²) in [6, 6.07) is 5.47. The van der Waals surface area contributed by atoms with Gasteiger partial charge in [0.1, 0.15) is 12.1 Å². The van der Waals surface area contributed by atoms with Gasteiger partial charge in [0.2, 0.25) is 0 Å². The minimum Gasteiger partial charge on any atom is -0.480 e. The van der Waals surface area contributed by atoms with Crippen LogP contribution in [0.25, 0.3) is 0 Å². The van der Waals surface area contributed by atoms with E-state index in [4.69, 9.17) is 9.84 Å². The lowest BCUT2D eigenvalue weighted by atomic mass is 10.1. The number of amides is 2. The first-order valence-corrected chi connectivity index (χ1v) is 8.07. The minimum atomic E-state index is -1.06. The van der Waals surface area contributed by atoms with Crippen molar-refractivity contribution in [3.8, 4) is 0 Å². The van der Waals surface area contributed by atoms with Gasteiger partial charge in [0.05, 0.1) is 0 Å².